The molecule has 0 spiro atoms. The van der Waals surface area contributed by atoms with Crippen molar-refractivity contribution >= 4 is 34.3 Å². The first-order valence-corrected chi connectivity index (χ1v) is 10.7. The Kier molecular flexibility index (Phi) is 8.92. The average molecular weight is 370 g/mol. The SMILES string of the molecule is CCCCCSC(C=CSc1ccc(C)cc1)=Nc1ccc(C)cc1. The summed E-state index contributed by atoms with van der Waals surface area (Å²) in [6.45, 7) is 6.46. The van der Waals surface area contributed by atoms with Crippen LogP contribution in [0.3, 0.4) is 0 Å². The van der Waals surface area contributed by atoms with Crippen LogP contribution in [0.1, 0.15) is 37.3 Å². The van der Waals surface area contributed by atoms with E-state index in [1.807, 2.05) is 11.8 Å². The third-order valence-electron chi connectivity index (χ3n) is 3.71. The Hall–Kier alpha value is -1.45. The van der Waals surface area contributed by atoms with Crippen LogP contribution in [0.5, 0.6) is 0 Å². The van der Waals surface area contributed by atoms with Crippen molar-refractivity contribution in [2.45, 2.75) is 44.9 Å². The third kappa shape index (κ3) is 7.98. The summed E-state index contributed by atoms with van der Waals surface area (Å²) >= 11 is 3.59. The Labute approximate surface area is 161 Å². The summed E-state index contributed by atoms with van der Waals surface area (Å²) in [5.74, 6) is 1.12. The molecule has 0 saturated carbocycles. The highest BCUT2D eigenvalue weighted by atomic mass is 32.2. The molecule has 2 aromatic carbocycles. The van der Waals surface area contributed by atoms with Crippen molar-refractivity contribution in [1.82, 2.24) is 0 Å². The van der Waals surface area contributed by atoms with E-state index in [1.54, 1.807) is 11.8 Å². The molecule has 0 aromatic heterocycles. The molecule has 0 aliphatic carbocycles. The lowest BCUT2D eigenvalue weighted by atomic mass is 10.2. The molecule has 2 rings (SSSR count). The summed E-state index contributed by atoms with van der Waals surface area (Å²) < 4.78 is 0. The van der Waals surface area contributed by atoms with Crippen LogP contribution in [0.4, 0.5) is 5.69 Å². The number of unbranched alkanes of at least 4 members (excludes halogenated alkanes) is 2. The summed E-state index contributed by atoms with van der Waals surface area (Å²) in [7, 11) is 0. The molecule has 0 heterocycles. The van der Waals surface area contributed by atoms with E-state index in [0.717, 1.165) is 16.5 Å². The number of hydrogen-bond acceptors (Lipinski definition) is 3. The van der Waals surface area contributed by atoms with Gasteiger partial charge >= 0.3 is 0 Å². The van der Waals surface area contributed by atoms with Crippen LogP contribution in [0.25, 0.3) is 0 Å². The summed E-state index contributed by atoms with van der Waals surface area (Å²) in [4.78, 5) is 6.08. The first-order chi connectivity index (χ1) is 12.2. The van der Waals surface area contributed by atoms with Gasteiger partial charge in [0.15, 0.2) is 0 Å². The first kappa shape index (κ1) is 19.9. The van der Waals surface area contributed by atoms with Crippen LogP contribution in [-0.4, -0.2) is 10.8 Å². The molecule has 0 aliphatic heterocycles. The van der Waals surface area contributed by atoms with Gasteiger partial charge in [-0.3, -0.25) is 0 Å². The number of thioether (sulfide) groups is 2. The van der Waals surface area contributed by atoms with Gasteiger partial charge in [-0.05, 0) is 61.8 Å². The first-order valence-electron chi connectivity index (χ1n) is 8.85. The van der Waals surface area contributed by atoms with E-state index in [4.69, 9.17) is 4.99 Å². The normalized spacial score (nSPS) is 12.0. The molecule has 132 valence electrons. The zero-order valence-corrected chi connectivity index (χ0v) is 17.0. The van der Waals surface area contributed by atoms with Crippen molar-refractivity contribution in [2.24, 2.45) is 4.99 Å². The highest BCUT2D eigenvalue weighted by Crippen LogP contribution is 2.22. The third-order valence-corrected chi connectivity index (χ3v) is 5.54. The van der Waals surface area contributed by atoms with Gasteiger partial charge in [-0.25, -0.2) is 4.99 Å². The molecule has 0 amide bonds. The smallest absolute Gasteiger partial charge is 0.0972 e. The highest BCUT2D eigenvalue weighted by molar-refractivity contribution is 8.14. The zero-order chi connectivity index (χ0) is 17.9. The molecule has 0 radical (unpaired) electrons. The molecular formula is C22H27NS2. The fraction of sp³-hybridized carbons (Fsp3) is 0.318. The number of rotatable bonds is 8. The van der Waals surface area contributed by atoms with E-state index in [9.17, 15) is 0 Å². The van der Waals surface area contributed by atoms with E-state index < -0.39 is 0 Å². The molecule has 0 N–H and O–H groups in total. The van der Waals surface area contributed by atoms with Gasteiger partial charge in [-0.1, -0.05) is 66.9 Å². The van der Waals surface area contributed by atoms with Gasteiger partial charge in [0.25, 0.3) is 0 Å². The number of aliphatic imine (C=N–C) groups is 1. The molecule has 1 nitrogen and oxygen atoms in total. The van der Waals surface area contributed by atoms with Crippen LogP contribution >= 0.6 is 23.5 Å². The van der Waals surface area contributed by atoms with Crippen molar-refractivity contribution < 1.29 is 0 Å². The van der Waals surface area contributed by atoms with E-state index in [-0.39, 0.29) is 0 Å². The summed E-state index contributed by atoms with van der Waals surface area (Å²) in [5.41, 5.74) is 3.58. The molecule has 0 aliphatic rings. The molecule has 0 atom stereocenters. The van der Waals surface area contributed by atoms with Crippen molar-refractivity contribution in [2.75, 3.05) is 5.75 Å². The zero-order valence-electron chi connectivity index (χ0n) is 15.4. The maximum Gasteiger partial charge on any atom is 0.0972 e. The maximum absolute atomic E-state index is 4.82. The minimum Gasteiger partial charge on any atom is -0.242 e. The Balaban J connectivity index is 2.03. The van der Waals surface area contributed by atoms with Crippen LogP contribution < -0.4 is 0 Å². The van der Waals surface area contributed by atoms with Gasteiger partial charge in [0.1, 0.15) is 0 Å². The van der Waals surface area contributed by atoms with Gasteiger partial charge in [0.05, 0.1) is 10.7 Å². The average Bonchev–Trinajstić information content (AvgIpc) is 2.62. The summed E-state index contributed by atoms with van der Waals surface area (Å²) in [6.07, 6.45) is 5.92. The number of aryl methyl sites for hydroxylation is 2. The van der Waals surface area contributed by atoms with Gasteiger partial charge < -0.3 is 0 Å². The monoisotopic (exact) mass is 369 g/mol. The quantitative estimate of drug-likeness (QED) is 0.206. The highest BCUT2D eigenvalue weighted by Gasteiger charge is 1.99. The molecule has 0 fully saturated rings. The molecule has 0 saturated heterocycles. The van der Waals surface area contributed by atoms with Crippen molar-refractivity contribution in [3.05, 3.63) is 71.1 Å². The second kappa shape index (κ2) is 11.2. The molecular weight excluding hydrogens is 342 g/mol. The topological polar surface area (TPSA) is 12.4 Å². The van der Waals surface area contributed by atoms with E-state index in [0.29, 0.717) is 0 Å². The van der Waals surface area contributed by atoms with Crippen LogP contribution in [0, 0.1) is 13.8 Å². The van der Waals surface area contributed by atoms with Crippen LogP contribution in [-0.2, 0) is 0 Å². The predicted molar refractivity (Wildman–Crippen MR) is 116 cm³/mol. The van der Waals surface area contributed by atoms with E-state index >= 15 is 0 Å². The van der Waals surface area contributed by atoms with E-state index in [1.165, 1.54) is 35.3 Å². The lowest BCUT2D eigenvalue weighted by Crippen LogP contribution is -1.90. The number of hydrogen-bond donors (Lipinski definition) is 0. The Morgan fingerprint density at radius 1 is 0.920 bits per heavy atom. The van der Waals surface area contributed by atoms with Crippen LogP contribution in [0.2, 0.25) is 0 Å². The van der Waals surface area contributed by atoms with E-state index in [2.05, 4.69) is 80.8 Å². The molecule has 0 unspecified atom stereocenters. The minimum absolute atomic E-state index is 1.02. The fourth-order valence-electron chi connectivity index (χ4n) is 2.18. The molecule has 25 heavy (non-hydrogen) atoms. The molecule has 0 bridgehead atoms. The number of nitrogens with zero attached hydrogens (tertiary/aromatic N) is 1. The molecule has 2 aromatic rings. The molecule has 3 heteroatoms. The van der Waals surface area contributed by atoms with Gasteiger partial charge in [-0.15, -0.1) is 11.8 Å². The largest absolute Gasteiger partial charge is 0.242 e. The lowest BCUT2D eigenvalue weighted by Gasteiger charge is -2.03. The van der Waals surface area contributed by atoms with Gasteiger partial charge in [-0.2, -0.15) is 0 Å². The maximum atomic E-state index is 4.82. The fourth-order valence-corrected chi connectivity index (χ4v) is 3.81. The van der Waals surface area contributed by atoms with Crippen molar-refractivity contribution in [3.63, 3.8) is 0 Å². The Morgan fingerprint density at radius 3 is 2.20 bits per heavy atom. The van der Waals surface area contributed by atoms with Crippen LogP contribution in [0.15, 0.2) is 69.9 Å². The second-order valence-electron chi connectivity index (χ2n) is 6.07. The Bertz CT molecular complexity index is 685. The van der Waals surface area contributed by atoms with Crippen molar-refractivity contribution in [3.8, 4) is 0 Å². The van der Waals surface area contributed by atoms with Gasteiger partial charge in [0, 0.05) is 4.90 Å². The Morgan fingerprint density at radius 2 is 1.56 bits per heavy atom. The standard InChI is InChI=1S/C22H27NS2/c1-4-5-6-16-25-22(23-20-11-7-18(2)8-12-20)15-17-24-21-13-9-19(3)10-14-21/h7-15,17H,4-6,16H2,1-3H3. The summed E-state index contributed by atoms with van der Waals surface area (Å²) in [5, 5.41) is 3.23. The minimum atomic E-state index is 1.02. The predicted octanol–water partition coefficient (Wildman–Crippen LogP) is 7.56. The van der Waals surface area contributed by atoms with Crippen molar-refractivity contribution in [1.29, 1.82) is 0 Å². The lowest BCUT2D eigenvalue weighted by molar-refractivity contribution is 0.779. The second-order valence-corrected chi connectivity index (χ2v) is 8.17. The summed E-state index contributed by atoms with van der Waals surface area (Å²) in [6, 6.07) is 17.0. The van der Waals surface area contributed by atoms with Gasteiger partial charge in [0.2, 0.25) is 0 Å². The number of benzene rings is 2.